The summed E-state index contributed by atoms with van der Waals surface area (Å²) in [6.07, 6.45) is 0. The van der Waals surface area contributed by atoms with Crippen molar-refractivity contribution in [2.24, 2.45) is 0 Å². The summed E-state index contributed by atoms with van der Waals surface area (Å²) in [6.45, 7) is 0. The predicted octanol–water partition coefficient (Wildman–Crippen LogP) is 4.37. The highest BCUT2D eigenvalue weighted by molar-refractivity contribution is 6.42. The average molecular weight is 321 g/mol. The number of halogens is 2. The standard InChI is InChI=1S/C15H10Cl2N2O2/c16-12-5-4-11(7-13(12)17)19-14(8-18)9-2-1-3-10(6-9)15(20)21/h1-7,14,19H,(H,20,21). The molecule has 0 aliphatic heterocycles. The number of nitriles is 1. The minimum Gasteiger partial charge on any atom is -0.478 e. The molecule has 6 heteroatoms. The van der Waals surface area contributed by atoms with Gasteiger partial charge in [-0.1, -0.05) is 35.3 Å². The zero-order chi connectivity index (χ0) is 15.4. The first-order chi connectivity index (χ1) is 10.0. The van der Waals surface area contributed by atoms with E-state index < -0.39 is 12.0 Å². The number of hydrogen-bond donors (Lipinski definition) is 2. The van der Waals surface area contributed by atoms with Crippen LogP contribution in [0.15, 0.2) is 42.5 Å². The van der Waals surface area contributed by atoms with Crippen LogP contribution < -0.4 is 5.32 Å². The van der Waals surface area contributed by atoms with E-state index >= 15 is 0 Å². The molecule has 106 valence electrons. The summed E-state index contributed by atoms with van der Waals surface area (Å²) in [6, 6.07) is 12.5. The van der Waals surface area contributed by atoms with Crippen molar-refractivity contribution in [3.8, 4) is 6.07 Å². The SMILES string of the molecule is N#CC(Nc1ccc(Cl)c(Cl)c1)c1cccc(C(=O)O)c1. The van der Waals surface area contributed by atoms with Gasteiger partial charge in [0.2, 0.25) is 0 Å². The lowest BCUT2D eigenvalue weighted by molar-refractivity contribution is 0.0697. The van der Waals surface area contributed by atoms with Crippen LogP contribution in [0, 0.1) is 11.3 Å². The molecule has 0 saturated carbocycles. The highest BCUT2D eigenvalue weighted by Gasteiger charge is 2.13. The first-order valence-electron chi connectivity index (χ1n) is 5.95. The van der Waals surface area contributed by atoms with Crippen LogP contribution in [0.3, 0.4) is 0 Å². The van der Waals surface area contributed by atoms with Crippen LogP contribution in [0.2, 0.25) is 10.0 Å². The third-order valence-electron chi connectivity index (χ3n) is 2.83. The molecular weight excluding hydrogens is 311 g/mol. The van der Waals surface area contributed by atoms with Gasteiger partial charge in [-0.2, -0.15) is 5.26 Å². The van der Waals surface area contributed by atoms with Crippen molar-refractivity contribution in [1.29, 1.82) is 5.26 Å². The van der Waals surface area contributed by atoms with E-state index in [9.17, 15) is 10.1 Å². The van der Waals surface area contributed by atoms with Gasteiger partial charge < -0.3 is 10.4 Å². The first-order valence-corrected chi connectivity index (χ1v) is 6.71. The van der Waals surface area contributed by atoms with Crippen molar-refractivity contribution >= 4 is 34.9 Å². The minimum absolute atomic E-state index is 0.128. The molecule has 0 amide bonds. The molecule has 1 unspecified atom stereocenters. The Labute approximate surface area is 131 Å². The summed E-state index contributed by atoms with van der Waals surface area (Å²) in [5, 5.41) is 22.0. The van der Waals surface area contributed by atoms with E-state index in [4.69, 9.17) is 28.3 Å². The lowest BCUT2D eigenvalue weighted by Gasteiger charge is -2.14. The molecule has 2 rings (SSSR count). The Hall–Kier alpha value is -2.22. The van der Waals surface area contributed by atoms with E-state index in [1.807, 2.05) is 0 Å². The highest BCUT2D eigenvalue weighted by atomic mass is 35.5. The van der Waals surface area contributed by atoms with Crippen LogP contribution in [0.1, 0.15) is 22.0 Å². The van der Waals surface area contributed by atoms with Crippen molar-refractivity contribution in [1.82, 2.24) is 0 Å². The number of nitrogens with zero attached hydrogens (tertiary/aromatic N) is 1. The Morgan fingerprint density at radius 2 is 1.95 bits per heavy atom. The van der Waals surface area contributed by atoms with E-state index in [0.29, 0.717) is 21.3 Å². The monoisotopic (exact) mass is 320 g/mol. The third kappa shape index (κ3) is 3.66. The number of benzene rings is 2. The topological polar surface area (TPSA) is 73.1 Å². The molecule has 2 aromatic carbocycles. The fourth-order valence-electron chi connectivity index (χ4n) is 1.79. The lowest BCUT2D eigenvalue weighted by atomic mass is 10.0. The molecule has 0 heterocycles. The Morgan fingerprint density at radius 3 is 2.57 bits per heavy atom. The molecule has 1 atom stereocenters. The second-order valence-corrected chi connectivity index (χ2v) is 5.08. The number of carboxylic acid groups (broad SMARTS) is 1. The number of carbonyl (C=O) groups is 1. The largest absolute Gasteiger partial charge is 0.478 e. The van der Waals surface area contributed by atoms with Gasteiger partial charge in [0.1, 0.15) is 6.04 Å². The number of rotatable bonds is 4. The molecule has 0 saturated heterocycles. The number of hydrogen-bond acceptors (Lipinski definition) is 3. The maximum atomic E-state index is 11.0. The molecule has 0 radical (unpaired) electrons. The van der Waals surface area contributed by atoms with Crippen molar-refractivity contribution in [3.63, 3.8) is 0 Å². The summed E-state index contributed by atoms with van der Waals surface area (Å²) in [4.78, 5) is 11.0. The summed E-state index contributed by atoms with van der Waals surface area (Å²) in [7, 11) is 0. The van der Waals surface area contributed by atoms with Gasteiger partial charge in [-0.05, 0) is 35.9 Å². The zero-order valence-electron chi connectivity index (χ0n) is 10.7. The summed E-state index contributed by atoms with van der Waals surface area (Å²) >= 11 is 11.8. The number of carboxylic acids is 1. The Morgan fingerprint density at radius 1 is 1.19 bits per heavy atom. The fraction of sp³-hybridized carbons (Fsp3) is 0.0667. The minimum atomic E-state index is -1.04. The molecule has 0 aliphatic carbocycles. The van der Waals surface area contributed by atoms with Gasteiger partial charge in [0.05, 0.1) is 21.7 Å². The quantitative estimate of drug-likeness (QED) is 0.877. The van der Waals surface area contributed by atoms with Gasteiger partial charge in [-0.25, -0.2) is 4.79 Å². The van der Waals surface area contributed by atoms with Crippen LogP contribution in [0.4, 0.5) is 5.69 Å². The normalized spacial score (nSPS) is 11.5. The molecule has 0 fully saturated rings. The number of nitrogens with one attached hydrogen (secondary N) is 1. The van der Waals surface area contributed by atoms with E-state index in [1.54, 1.807) is 30.3 Å². The molecular formula is C15H10Cl2N2O2. The summed E-state index contributed by atoms with van der Waals surface area (Å²) < 4.78 is 0. The molecule has 0 aromatic heterocycles. The van der Waals surface area contributed by atoms with Crippen molar-refractivity contribution in [3.05, 3.63) is 63.6 Å². The first kappa shape index (κ1) is 15.2. The second kappa shape index (κ2) is 6.49. The molecule has 2 N–H and O–H groups in total. The average Bonchev–Trinajstić information content (AvgIpc) is 2.48. The zero-order valence-corrected chi connectivity index (χ0v) is 12.2. The lowest BCUT2D eigenvalue weighted by Crippen LogP contribution is -2.09. The van der Waals surface area contributed by atoms with E-state index in [1.165, 1.54) is 12.1 Å². The molecule has 4 nitrogen and oxygen atoms in total. The molecule has 0 aliphatic rings. The van der Waals surface area contributed by atoms with Crippen LogP contribution in [0.25, 0.3) is 0 Å². The van der Waals surface area contributed by atoms with Crippen molar-refractivity contribution < 1.29 is 9.90 Å². The van der Waals surface area contributed by atoms with Crippen LogP contribution in [-0.2, 0) is 0 Å². The smallest absolute Gasteiger partial charge is 0.335 e. The van der Waals surface area contributed by atoms with Crippen LogP contribution in [0.5, 0.6) is 0 Å². The van der Waals surface area contributed by atoms with E-state index in [-0.39, 0.29) is 5.56 Å². The molecule has 2 aromatic rings. The maximum absolute atomic E-state index is 11.0. The van der Waals surface area contributed by atoms with E-state index in [2.05, 4.69) is 11.4 Å². The van der Waals surface area contributed by atoms with Gasteiger partial charge in [-0.15, -0.1) is 0 Å². The Bertz CT molecular complexity index is 726. The fourth-order valence-corrected chi connectivity index (χ4v) is 2.09. The van der Waals surface area contributed by atoms with Gasteiger partial charge in [0.25, 0.3) is 0 Å². The van der Waals surface area contributed by atoms with Gasteiger partial charge >= 0.3 is 5.97 Å². The molecule has 0 bridgehead atoms. The molecule has 21 heavy (non-hydrogen) atoms. The van der Waals surface area contributed by atoms with Crippen LogP contribution in [-0.4, -0.2) is 11.1 Å². The van der Waals surface area contributed by atoms with Gasteiger partial charge in [0.15, 0.2) is 0 Å². The number of anilines is 1. The Kier molecular flexibility index (Phi) is 4.69. The highest BCUT2D eigenvalue weighted by Crippen LogP contribution is 2.27. The van der Waals surface area contributed by atoms with Gasteiger partial charge in [0, 0.05) is 5.69 Å². The van der Waals surface area contributed by atoms with E-state index in [0.717, 1.165) is 0 Å². The Balaban J connectivity index is 2.28. The second-order valence-electron chi connectivity index (χ2n) is 4.27. The number of aromatic carboxylic acids is 1. The van der Waals surface area contributed by atoms with Crippen molar-refractivity contribution in [2.45, 2.75) is 6.04 Å². The summed E-state index contributed by atoms with van der Waals surface area (Å²) in [5.74, 6) is -1.04. The van der Waals surface area contributed by atoms with Crippen LogP contribution >= 0.6 is 23.2 Å². The van der Waals surface area contributed by atoms with Gasteiger partial charge in [-0.3, -0.25) is 0 Å². The maximum Gasteiger partial charge on any atom is 0.335 e. The van der Waals surface area contributed by atoms with Crippen molar-refractivity contribution in [2.75, 3.05) is 5.32 Å². The third-order valence-corrected chi connectivity index (χ3v) is 3.57. The molecule has 0 spiro atoms. The summed E-state index contributed by atoms with van der Waals surface area (Å²) in [5.41, 5.74) is 1.31. The predicted molar refractivity (Wildman–Crippen MR) is 81.8 cm³/mol.